The number of carbonyl (C=O) groups excluding carboxylic acids is 1. The number of allylic oxidation sites excluding steroid dienone is 1. The average Bonchev–Trinajstić information content (AvgIpc) is 3.75. The SMILES string of the molecule is O=C1CCC(/C=C/CC(F)(F)c2ccccc2)N1CCCCCCC1=NNN(C(c2ccccc2)(c2ccccc2)c2ccccc2)N1. The zero-order chi connectivity index (χ0) is 33.2. The first-order chi connectivity index (χ1) is 23.5. The second kappa shape index (κ2) is 15.4. The van der Waals surface area contributed by atoms with E-state index in [2.05, 4.69) is 83.8 Å². The predicted octanol–water partition coefficient (Wildman–Crippen LogP) is 8.30. The van der Waals surface area contributed by atoms with Crippen molar-refractivity contribution >= 4 is 11.7 Å². The molecule has 1 fully saturated rings. The lowest BCUT2D eigenvalue weighted by molar-refractivity contribution is -0.128. The zero-order valence-corrected chi connectivity index (χ0v) is 27.1. The molecule has 0 bridgehead atoms. The number of hydrogen-bond acceptors (Lipinski definition) is 5. The molecule has 4 aromatic carbocycles. The third-order valence-electron chi connectivity index (χ3n) is 9.30. The minimum atomic E-state index is -2.93. The Balaban J connectivity index is 1.01. The summed E-state index contributed by atoms with van der Waals surface area (Å²) in [6, 6.07) is 39.1. The number of nitrogens with zero attached hydrogens (tertiary/aromatic N) is 3. The number of hydrogen-bond donors (Lipinski definition) is 2. The molecular formula is C40H43F2N5O. The summed E-state index contributed by atoms with van der Waals surface area (Å²) in [5, 5.41) is 6.70. The van der Waals surface area contributed by atoms with Gasteiger partial charge in [-0.05, 0) is 36.0 Å². The van der Waals surface area contributed by atoms with Gasteiger partial charge in [0.05, 0.1) is 6.04 Å². The van der Waals surface area contributed by atoms with Crippen LogP contribution >= 0.6 is 0 Å². The lowest BCUT2D eigenvalue weighted by atomic mass is 9.77. The molecule has 48 heavy (non-hydrogen) atoms. The number of benzene rings is 4. The maximum atomic E-state index is 14.6. The molecule has 1 unspecified atom stereocenters. The molecule has 248 valence electrons. The molecule has 6 rings (SSSR count). The molecule has 0 saturated carbocycles. The molecule has 0 aliphatic carbocycles. The Morgan fingerprint density at radius 1 is 0.729 bits per heavy atom. The van der Waals surface area contributed by atoms with Crippen molar-refractivity contribution in [2.75, 3.05) is 6.54 Å². The molecule has 0 aromatic heterocycles. The molecule has 0 spiro atoms. The van der Waals surface area contributed by atoms with E-state index in [1.165, 1.54) is 18.2 Å². The zero-order valence-electron chi connectivity index (χ0n) is 27.1. The van der Waals surface area contributed by atoms with E-state index < -0.39 is 11.5 Å². The lowest BCUT2D eigenvalue weighted by Gasteiger charge is -2.42. The van der Waals surface area contributed by atoms with Gasteiger partial charge in [-0.1, -0.05) is 151 Å². The molecule has 2 aliphatic rings. The second-order valence-electron chi connectivity index (χ2n) is 12.5. The maximum absolute atomic E-state index is 14.6. The number of amides is 1. The van der Waals surface area contributed by atoms with Crippen LogP contribution in [-0.4, -0.2) is 34.3 Å². The highest BCUT2D eigenvalue weighted by Crippen LogP contribution is 2.41. The Bertz CT molecular complexity index is 1570. The predicted molar refractivity (Wildman–Crippen MR) is 187 cm³/mol. The van der Waals surface area contributed by atoms with E-state index in [0.29, 0.717) is 19.4 Å². The fourth-order valence-electron chi connectivity index (χ4n) is 6.83. The van der Waals surface area contributed by atoms with Crippen LogP contribution in [0.2, 0.25) is 0 Å². The fourth-order valence-corrected chi connectivity index (χ4v) is 6.83. The number of likely N-dealkylation sites (tertiary alicyclic amines) is 1. The maximum Gasteiger partial charge on any atom is 0.276 e. The van der Waals surface area contributed by atoms with Crippen LogP contribution < -0.4 is 11.0 Å². The number of carbonyl (C=O) groups is 1. The first kappa shape index (κ1) is 33.1. The summed E-state index contributed by atoms with van der Waals surface area (Å²) in [7, 11) is 0. The van der Waals surface area contributed by atoms with Crippen molar-refractivity contribution in [3.05, 3.63) is 156 Å². The quantitative estimate of drug-likeness (QED) is 0.0775. The van der Waals surface area contributed by atoms with Gasteiger partial charge in [0.25, 0.3) is 5.92 Å². The van der Waals surface area contributed by atoms with Crippen molar-refractivity contribution in [3.8, 4) is 0 Å². The van der Waals surface area contributed by atoms with Gasteiger partial charge in [-0.15, -0.1) is 5.10 Å². The van der Waals surface area contributed by atoms with E-state index in [-0.39, 0.29) is 23.9 Å². The van der Waals surface area contributed by atoms with Gasteiger partial charge in [-0.25, -0.2) is 14.3 Å². The van der Waals surface area contributed by atoms with Crippen LogP contribution in [-0.2, 0) is 16.3 Å². The second-order valence-corrected chi connectivity index (χ2v) is 12.5. The Morgan fingerprint density at radius 2 is 1.25 bits per heavy atom. The first-order valence-corrected chi connectivity index (χ1v) is 16.9. The highest BCUT2D eigenvalue weighted by atomic mass is 19.3. The van der Waals surface area contributed by atoms with E-state index in [1.54, 1.807) is 24.3 Å². The molecule has 2 heterocycles. The van der Waals surface area contributed by atoms with Gasteiger partial charge in [0, 0.05) is 31.4 Å². The number of rotatable bonds is 15. The van der Waals surface area contributed by atoms with Crippen LogP contribution in [0.15, 0.2) is 139 Å². The number of nitrogens with one attached hydrogen (secondary N) is 2. The number of unbranched alkanes of at least 4 members (excludes halogenated alkanes) is 3. The summed E-state index contributed by atoms with van der Waals surface area (Å²) in [5.74, 6) is -1.95. The number of halogens is 2. The summed E-state index contributed by atoms with van der Waals surface area (Å²) in [5.41, 5.74) is 9.51. The number of amidine groups is 1. The van der Waals surface area contributed by atoms with Crippen LogP contribution in [0.1, 0.15) is 73.6 Å². The normalized spacial score (nSPS) is 17.0. The summed E-state index contributed by atoms with van der Waals surface area (Å²) in [6.07, 6.45) is 8.68. The van der Waals surface area contributed by atoms with Crippen molar-refractivity contribution in [1.82, 2.24) is 21.0 Å². The highest BCUT2D eigenvalue weighted by molar-refractivity contribution is 5.82. The molecule has 0 radical (unpaired) electrons. The van der Waals surface area contributed by atoms with Gasteiger partial charge in [-0.2, -0.15) is 0 Å². The highest BCUT2D eigenvalue weighted by Gasteiger charge is 2.45. The van der Waals surface area contributed by atoms with Crippen LogP contribution in [0.25, 0.3) is 0 Å². The smallest absolute Gasteiger partial charge is 0.276 e. The minimum Gasteiger partial charge on any atom is -0.336 e. The number of hydrazine groups is 2. The van der Waals surface area contributed by atoms with E-state index in [4.69, 9.17) is 5.10 Å². The van der Waals surface area contributed by atoms with Crippen LogP contribution in [0.4, 0.5) is 8.78 Å². The molecule has 4 aromatic rings. The number of alkyl halides is 2. The summed E-state index contributed by atoms with van der Waals surface area (Å²) in [6.45, 7) is 0.644. The largest absolute Gasteiger partial charge is 0.336 e. The molecule has 8 heteroatoms. The van der Waals surface area contributed by atoms with Gasteiger partial charge in [0.1, 0.15) is 11.4 Å². The van der Waals surface area contributed by atoms with Crippen LogP contribution in [0.5, 0.6) is 0 Å². The van der Waals surface area contributed by atoms with Gasteiger partial charge >= 0.3 is 0 Å². The fraction of sp³-hybridized carbons (Fsp3) is 0.300. The third kappa shape index (κ3) is 7.34. The Labute approximate surface area is 282 Å². The molecular weight excluding hydrogens is 604 g/mol. The lowest BCUT2D eigenvalue weighted by Crippen LogP contribution is -2.57. The summed E-state index contributed by atoms with van der Waals surface area (Å²) in [4.78, 5) is 14.4. The van der Waals surface area contributed by atoms with Gasteiger partial charge < -0.3 is 4.90 Å². The Hall–Kier alpha value is -4.82. The van der Waals surface area contributed by atoms with E-state index >= 15 is 0 Å². The third-order valence-corrected chi connectivity index (χ3v) is 9.30. The van der Waals surface area contributed by atoms with E-state index in [1.807, 2.05) is 28.2 Å². The first-order valence-electron chi connectivity index (χ1n) is 16.9. The topological polar surface area (TPSA) is 60.0 Å². The van der Waals surface area contributed by atoms with Gasteiger partial charge in [-0.3, -0.25) is 10.2 Å². The molecule has 2 aliphatic heterocycles. The van der Waals surface area contributed by atoms with Crippen molar-refractivity contribution in [2.24, 2.45) is 5.10 Å². The van der Waals surface area contributed by atoms with Crippen molar-refractivity contribution in [2.45, 2.75) is 68.9 Å². The van der Waals surface area contributed by atoms with Crippen LogP contribution in [0.3, 0.4) is 0 Å². The average molecular weight is 648 g/mol. The standard InChI is InChI=1S/C40H43F2N5O/c41-39(42,32-18-7-3-8-19-32)30-17-26-36-28-29-38(48)46(36)31-16-2-1-15-27-37-43-45-47(44-37)40(33-20-9-4-10-21-33,34-22-11-5-12-23-34)35-24-13-6-14-25-35/h3-14,17-26,36,45H,1-2,15-16,27-31H2,(H,43,44)/b26-17+. The Kier molecular flexibility index (Phi) is 10.6. The van der Waals surface area contributed by atoms with Crippen molar-refractivity contribution < 1.29 is 13.6 Å². The van der Waals surface area contributed by atoms with E-state index in [9.17, 15) is 13.6 Å². The van der Waals surface area contributed by atoms with Gasteiger partial charge in [0.15, 0.2) is 0 Å². The van der Waals surface area contributed by atoms with Crippen LogP contribution in [0, 0.1) is 0 Å². The molecule has 6 nitrogen and oxygen atoms in total. The van der Waals surface area contributed by atoms with Crippen molar-refractivity contribution in [1.29, 1.82) is 0 Å². The van der Waals surface area contributed by atoms with Gasteiger partial charge in [0.2, 0.25) is 5.91 Å². The molecule has 2 N–H and O–H groups in total. The molecule has 1 amide bonds. The minimum absolute atomic E-state index is 0.0131. The summed E-state index contributed by atoms with van der Waals surface area (Å²) >= 11 is 0. The van der Waals surface area contributed by atoms with E-state index in [0.717, 1.165) is 54.6 Å². The summed E-state index contributed by atoms with van der Waals surface area (Å²) < 4.78 is 29.2. The van der Waals surface area contributed by atoms with Crippen molar-refractivity contribution in [3.63, 3.8) is 0 Å². The molecule has 1 atom stereocenters. The Morgan fingerprint density at radius 3 is 1.81 bits per heavy atom. The molecule has 1 saturated heterocycles. The number of hydrazone groups is 1. The monoisotopic (exact) mass is 647 g/mol.